The Morgan fingerprint density at radius 1 is 1.08 bits per heavy atom. The van der Waals surface area contributed by atoms with Crippen LogP contribution in [-0.4, -0.2) is 24.5 Å². The molecule has 24 heavy (non-hydrogen) atoms. The summed E-state index contributed by atoms with van der Waals surface area (Å²) in [5, 5.41) is 0. The van der Waals surface area contributed by atoms with Crippen molar-refractivity contribution in [1.82, 2.24) is 0 Å². The lowest BCUT2D eigenvalue weighted by Gasteiger charge is -2.43. The number of ether oxygens (including phenoxy) is 2. The molecule has 1 fully saturated rings. The second-order valence-corrected chi connectivity index (χ2v) is 6.40. The Balaban J connectivity index is 2.25. The summed E-state index contributed by atoms with van der Waals surface area (Å²) in [4.78, 5) is 3.64. The first kappa shape index (κ1) is 18.8. The number of nitrogens with zero attached hydrogens (tertiary/aromatic N) is 1. The lowest BCUT2D eigenvalue weighted by molar-refractivity contribution is -0.227. The molecule has 3 nitrogen and oxygen atoms in total. The normalized spacial score (nSPS) is 31.8. The average Bonchev–Trinajstić information content (AvgIpc) is 2.54. The Morgan fingerprint density at radius 2 is 1.71 bits per heavy atom. The van der Waals surface area contributed by atoms with Crippen LogP contribution in [0.25, 0.3) is 0 Å². The van der Waals surface area contributed by atoms with Crippen LogP contribution >= 0.6 is 0 Å². The predicted octanol–water partition coefficient (Wildman–Crippen LogP) is 5.34. The van der Waals surface area contributed by atoms with Crippen LogP contribution < -0.4 is 0 Å². The maximum atomic E-state index is 13.3. The maximum absolute atomic E-state index is 13.3. The summed E-state index contributed by atoms with van der Waals surface area (Å²) >= 11 is 0. The third-order valence-corrected chi connectivity index (χ3v) is 4.84. The van der Waals surface area contributed by atoms with Crippen LogP contribution in [0.3, 0.4) is 0 Å². The summed E-state index contributed by atoms with van der Waals surface area (Å²) in [6.07, 6.45) is -5.01. The highest BCUT2D eigenvalue weighted by molar-refractivity contribution is 5.84. The molecule has 0 bridgehead atoms. The van der Waals surface area contributed by atoms with E-state index in [4.69, 9.17) is 9.47 Å². The molecule has 0 spiro atoms. The van der Waals surface area contributed by atoms with Gasteiger partial charge >= 0.3 is 6.18 Å². The number of halogens is 3. The van der Waals surface area contributed by atoms with E-state index in [1.54, 1.807) is 18.2 Å². The largest absolute Gasteiger partial charge is 0.468 e. The van der Waals surface area contributed by atoms with E-state index >= 15 is 0 Å². The molecule has 0 radical (unpaired) electrons. The first-order chi connectivity index (χ1) is 11.2. The molecule has 3 unspecified atom stereocenters. The van der Waals surface area contributed by atoms with Gasteiger partial charge in [-0.1, -0.05) is 45.9 Å². The summed E-state index contributed by atoms with van der Waals surface area (Å²) in [5.74, 6) is -0.960. The molecule has 1 aromatic carbocycles. The summed E-state index contributed by atoms with van der Waals surface area (Å²) in [6.45, 7) is 7.91. The van der Waals surface area contributed by atoms with Crippen LogP contribution in [0.1, 0.15) is 34.1 Å². The first-order valence-corrected chi connectivity index (χ1v) is 8.27. The molecule has 1 aliphatic heterocycles. The molecular formula is C18H24F3NO2. The van der Waals surface area contributed by atoms with E-state index in [1.165, 1.54) is 12.1 Å². The Bertz CT molecular complexity index is 557. The van der Waals surface area contributed by atoms with Gasteiger partial charge in [0.2, 0.25) is 6.29 Å². The first-order valence-electron chi connectivity index (χ1n) is 8.27. The van der Waals surface area contributed by atoms with Crippen molar-refractivity contribution in [3.05, 3.63) is 30.3 Å². The summed E-state index contributed by atoms with van der Waals surface area (Å²) in [5.41, 5.74) is 0.196. The fraction of sp³-hybridized carbons (Fsp3) is 0.611. The van der Waals surface area contributed by atoms with Gasteiger partial charge in [0.05, 0.1) is 11.8 Å². The van der Waals surface area contributed by atoms with E-state index in [2.05, 4.69) is 11.9 Å². The maximum Gasteiger partial charge on any atom is 0.468 e. The fourth-order valence-corrected chi connectivity index (χ4v) is 2.97. The second-order valence-electron chi connectivity index (χ2n) is 6.40. The Hall–Kier alpha value is -1.56. The SMILES string of the molecule is CCC1OC(O/C(=N/c2ccccc2)C(F)(F)F)C(C)[C@@H](C)[C@@H]1C. The van der Waals surface area contributed by atoms with Gasteiger partial charge in [-0.2, -0.15) is 13.2 Å². The predicted molar refractivity (Wildman–Crippen MR) is 87.1 cm³/mol. The topological polar surface area (TPSA) is 30.8 Å². The molecule has 0 N–H and O–H groups in total. The molecule has 2 rings (SSSR count). The zero-order chi connectivity index (χ0) is 17.9. The molecule has 6 heteroatoms. The monoisotopic (exact) mass is 343 g/mol. The van der Waals surface area contributed by atoms with Crippen molar-refractivity contribution in [1.29, 1.82) is 0 Å². The van der Waals surface area contributed by atoms with Crippen molar-refractivity contribution in [2.45, 2.75) is 52.7 Å². The molecule has 1 heterocycles. The van der Waals surface area contributed by atoms with Gasteiger partial charge in [0.15, 0.2) is 0 Å². The number of hydrogen-bond acceptors (Lipinski definition) is 3. The molecule has 0 amide bonds. The van der Waals surface area contributed by atoms with E-state index in [9.17, 15) is 13.2 Å². The van der Waals surface area contributed by atoms with Gasteiger partial charge in [0, 0.05) is 5.92 Å². The lowest BCUT2D eigenvalue weighted by Crippen LogP contribution is -2.47. The van der Waals surface area contributed by atoms with Crippen LogP contribution in [0, 0.1) is 17.8 Å². The van der Waals surface area contributed by atoms with E-state index in [1.807, 2.05) is 20.8 Å². The molecule has 1 aromatic rings. The molecular weight excluding hydrogens is 319 g/mol. The Morgan fingerprint density at radius 3 is 2.25 bits per heavy atom. The molecule has 0 saturated carbocycles. The summed E-state index contributed by atoms with van der Waals surface area (Å²) in [7, 11) is 0. The van der Waals surface area contributed by atoms with Gasteiger partial charge in [-0.05, 0) is 30.4 Å². The van der Waals surface area contributed by atoms with Crippen molar-refractivity contribution < 1.29 is 22.6 Å². The van der Waals surface area contributed by atoms with E-state index in [0.717, 1.165) is 6.42 Å². The van der Waals surface area contributed by atoms with Crippen molar-refractivity contribution in [3.63, 3.8) is 0 Å². The lowest BCUT2D eigenvalue weighted by atomic mass is 9.78. The van der Waals surface area contributed by atoms with Crippen molar-refractivity contribution >= 4 is 11.6 Å². The highest BCUT2D eigenvalue weighted by Crippen LogP contribution is 2.37. The minimum Gasteiger partial charge on any atom is -0.444 e. The van der Waals surface area contributed by atoms with Crippen molar-refractivity contribution in [2.24, 2.45) is 22.7 Å². The molecule has 0 aromatic heterocycles. The third kappa shape index (κ3) is 4.29. The average molecular weight is 343 g/mol. The number of para-hydroxylation sites is 1. The zero-order valence-corrected chi connectivity index (χ0v) is 14.4. The van der Waals surface area contributed by atoms with E-state index < -0.39 is 18.4 Å². The molecule has 0 aliphatic carbocycles. The Labute approximate surface area is 140 Å². The van der Waals surface area contributed by atoms with Crippen LogP contribution in [-0.2, 0) is 9.47 Å². The van der Waals surface area contributed by atoms with Gasteiger partial charge in [-0.15, -0.1) is 0 Å². The smallest absolute Gasteiger partial charge is 0.444 e. The van der Waals surface area contributed by atoms with E-state index in [-0.39, 0.29) is 29.5 Å². The van der Waals surface area contributed by atoms with Gasteiger partial charge in [-0.25, -0.2) is 4.99 Å². The molecule has 134 valence electrons. The van der Waals surface area contributed by atoms with Crippen molar-refractivity contribution in [2.75, 3.05) is 0 Å². The van der Waals surface area contributed by atoms with Gasteiger partial charge in [-0.3, -0.25) is 0 Å². The third-order valence-electron chi connectivity index (χ3n) is 4.84. The van der Waals surface area contributed by atoms with Crippen LogP contribution in [0.5, 0.6) is 0 Å². The van der Waals surface area contributed by atoms with Gasteiger partial charge < -0.3 is 9.47 Å². The molecule has 5 atom stereocenters. The highest BCUT2D eigenvalue weighted by Gasteiger charge is 2.45. The van der Waals surface area contributed by atoms with Crippen LogP contribution in [0.2, 0.25) is 0 Å². The van der Waals surface area contributed by atoms with Gasteiger partial charge in [0.1, 0.15) is 0 Å². The number of alkyl halides is 3. The molecule has 1 saturated heterocycles. The highest BCUT2D eigenvalue weighted by atomic mass is 19.4. The summed E-state index contributed by atoms with van der Waals surface area (Å²) < 4.78 is 51.0. The van der Waals surface area contributed by atoms with Crippen LogP contribution in [0.15, 0.2) is 35.3 Å². The zero-order valence-electron chi connectivity index (χ0n) is 14.4. The minimum atomic E-state index is -4.67. The molecule has 1 aliphatic rings. The minimum absolute atomic E-state index is 0.118. The number of rotatable bonds is 3. The van der Waals surface area contributed by atoms with Crippen LogP contribution in [0.4, 0.5) is 18.9 Å². The Kier molecular flexibility index (Phi) is 5.91. The standard InChI is InChI=1S/C18H24F3NO2/c1-5-15-12(3)11(2)13(4)16(23-15)24-17(18(19,20)21)22-14-9-7-6-8-10-14/h6-13,15-16H,5H2,1-4H3/b22-17+/t11-,12-,13?,15?,16?/m0/s1. The fourth-order valence-electron chi connectivity index (χ4n) is 2.97. The summed E-state index contributed by atoms with van der Waals surface area (Å²) in [6, 6.07) is 7.97. The number of hydrogen-bond donors (Lipinski definition) is 0. The van der Waals surface area contributed by atoms with Crippen molar-refractivity contribution in [3.8, 4) is 0 Å². The van der Waals surface area contributed by atoms with Gasteiger partial charge in [0.25, 0.3) is 5.90 Å². The second kappa shape index (κ2) is 7.55. The number of aliphatic imine (C=N–C) groups is 1. The number of benzene rings is 1. The quantitative estimate of drug-likeness (QED) is 0.548. The van der Waals surface area contributed by atoms with E-state index in [0.29, 0.717) is 0 Å².